The molecule has 0 radical (unpaired) electrons. The van der Waals surface area contributed by atoms with Gasteiger partial charge in [0, 0.05) is 5.69 Å². The summed E-state index contributed by atoms with van der Waals surface area (Å²) in [5.41, 5.74) is 2.94. The number of hydrogen-bond donors (Lipinski definition) is 2. The van der Waals surface area contributed by atoms with Crippen molar-refractivity contribution in [2.45, 2.75) is 39.2 Å². The van der Waals surface area contributed by atoms with Crippen LogP contribution < -0.4 is 5.32 Å². The minimum Gasteiger partial charge on any atom is -0.479 e. The molecule has 0 saturated carbocycles. The van der Waals surface area contributed by atoms with Gasteiger partial charge in [0.05, 0.1) is 11.6 Å². The van der Waals surface area contributed by atoms with Gasteiger partial charge in [-0.2, -0.15) is 5.26 Å². The number of aryl methyl sites for hydroxylation is 2. The van der Waals surface area contributed by atoms with Crippen molar-refractivity contribution in [2.24, 2.45) is 0 Å². The van der Waals surface area contributed by atoms with Gasteiger partial charge in [-0.05, 0) is 60.7 Å². The standard InChI is InChI=1S/C20H22N2O2/c1-4-14-10-15(5-2)12-17(11-14)20(3,19(23)24)22-18-8-6-16(13-21)7-9-18/h6-12,22H,4-5H2,1-3H3,(H,23,24). The van der Waals surface area contributed by atoms with Gasteiger partial charge < -0.3 is 10.4 Å². The number of nitrogens with zero attached hydrogens (tertiary/aromatic N) is 1. The molecule has 0 aliphatic carbocycles. The van der Waals surface area contributed by atoms with Crippen LogP contribution in [-0.4, -0.2) is 11.1 Å². The first-order valence-corrected chi connectivity index (χ1v) is 8.08. The number of rotatable bonds is 6. The minimum atomic E-state index is -1.25. The Bertz CT molecular complexity index is 753. The molecule has 0 amide bonds. The lowest BCUT2D eigenvalue weighted by Gasteiger charge is -2.29. The molecule has 4 nitrogen and oxygen atoms in total. The predicted octanol–water partition coefficient (Wildman–Crippen LogP) is 4.09. The lowest BCUT2D eigenvalue weighted by atomic mass is 9.88. The summed E-state index contributed by atoms with van der Waals surface area (Å²) >= 11 is 0. The Hall–Kier alpha value is -2.80. The summed E-state index contributed by atoms with van der Waals surface area (Å²) in [6.45, 7) is 5.79. The third-order valence-electron chi connectivity index (χ3n) is 4.28. The molecule has 2 aromatic rings. The lowest BCUT2D eigenvalue weighted by Crippen LogP contribution is -2.40. The number of nitrogens with one attached hydrogen (secondary N) is 1. The summed E-state index contributed by atoms with van der Waals surface area (Å²) in [6.07, 6.45) is 1.71. The average Bonchev–Trinajstić information content (AvgIpc) is 2.61. The first-order valence-electron chi connectivity index (χ1n) is 8.08. The van der Waals surface area contributed by atoms with E-state index in [1.165, 1.54) is 0 Å². The maximum absolute atomic E-state index is 12.0. The zero-order valence-electron chi connectivity index (χ0n) is 14.3. The molecule has 2 N–H and O–H groups in total. The second-order valence-electron chi connectivity index (χ2n) is 5.99. The molecule has 1 unspecified atom stereocenters. The fourth-order valence-electron chi connectivity index (χ4n) is 2.63. The van der Waals surface area contributed by atoms with Crippen molar-refractivity contribution in [1.82, 2.24) is 0 Å². The molecule has 0 fully saturated rings. The number of benzene rings is 2. The first kappa shape index (κ1) is 17.6. The van der Waals surface area contributed by atoms with Crippen LogP contribution in [0.3, 0.4) is 0 Å². The molecular weight excluding hydrogens is 300 g/mol. The molecule has 124 valence electrons. The van der Waals surface area contributed by atoms with Crippen LogP contribution in [0.5, 0.6) is 0 Å². The predicted molar refractivity (Wildman–Crippen MR) is 95.0 cm³/mol. The maximum atomic E-state index is 12.0. The zero-order valence-corrected chi connectivity index (χ0v) is 14.3. The van der Waals surface area contributed by atoms with E-state index in [4.69, 9.17) is 5.26 Å². The highest BCUT2D eigenvalue weighted by atomic mass is 16.4. The Morgan fingerprint density at radius 2 is 1.67 bits per heavy atom. The molecule has 0 aromatic heterocycles. The maximum Gasteiger partial charge on any atom is 0.333 e. The van der Waals surface area contributed by atoms with Crippen LogP contribution in [0, 0.1) is 11.3 Å². The monoisotopic (exact) mass is 322 g/mol. The van der Waals surface area contributed by atoms with Crippen LogP contribution in [0.1, 0.15) is 43.0 Å². The van der Waals surface area contributed by atoms with Gasteiger partial charge in [-0.15, -0.1) is 0 Å². The topological polar surface area (TPSA) is 73.1 Å². The second-order valence-corrected chi connectivity index (χ2v) is 5.99. The average molecular weight is 322 g/mol. The van der Waals surface area contributed by atoms with E-state index in [9.17, 15) is 9.90 Å². The molecular formula is C20H22N2O2. The van der Waals surface area contributed by atoms with Crippen molar-refractivity contribution in [2.75, 3.05) is 5.32 Å². The summed E-state index contributed by atoms with van der Waals surface area (Å²) in [5, 5.41) is 21.9. The van der Waals surface area contributed by atoms with Crippen LogP contribution >= 0.6 is 0 Å². The molecule has 0 bridgehead atoms. The van der Waals surface area contributed by atoms with Crippen LogP contribution in [-0.2, 0) is 23.2 Å². The molecule has 0 aliphatic rings. The quantitative estimate of drug-likeness (QED) is 0.840. The molecule has 2 rings (SSSR count). The van der Waals surface area contributed by atoms with Crippen LogP contribution in [0.4, 0.5) is 5.69 Å². The summed E-state index contributed by atoms with van der Waals surface area (Å²) in [4.78, 5) is 12.0. The van der Waals surface area contributed by atoms with Gasteiger partial charge >= 0.3 is 5.97 Å². The number of carboxylic acid groups (broad SMARTS) is 1. The van der Waals surface area contributed by atoms with Crippen LogP contribution in [0.2, 0.25) is 0 Å². The number of aliphatic carboxylic acids is 1. The number of hydrogen-bond acceptors (Lipinski definition) is 3. The van der Waals surface area contributed by atoms with Crippen molar-refractivity contribution in [3.05, 3.63) is 64.7 Å². The molecule has 24 heavy (non-hydrogen) atoms. The van der Waals surface area contributed by atoms with Crippen LogP contribution in [0.25, 0.3) is 0 Å². The summed E-state index contributed by atoms with van der Waals surface area (Å²) < 4.78 is 0. The normalized spacial score (nSPS) is 12.9. The second kappa shape index (κ2) is 7.18. The Labute approximate surface area is 142 Å². The smallest absolute Gasteiger partial charge is 0.333 e. The highest BCUT2D eigenvalue weighted by Gasteiger charge is 2.35. The number of anilines is 1. The lowest BCUT2D eigenvalue weighted by molar-refractivity contribution is -0.142. The molecule has 2 aromatic carbocycles. The molecule has 0 spiro atoms. The van der Waals surface area contributed by atoms with Gasteiger partial charge in [0.25, 0.3) is 0 Å². The van der Waals surface area contributed by atoms with E-state index in [0.717, 1.165) is 29.5 Å². The van der Waals surface area contributed by atoms with E-state index < -0.39 is 11.5 Å². The van der Waals surface area contributed by atoms with E-state index in [0.29, 0.717) is 11.3 Å². The molecule has 0 saturated heterocycles. The number of carboxylic acids is 1. The van der Waals surface area contributed by atoms with Gasteiger partial charge in [-0.25, -0.2) is 4.79 Å². The van der Waals surface area contributed by atoms with E-state index >= 15 is 0 Å². The molecule has 0 aliphatic heterocycles. The molecule has 0 heterocycles. The third-order valence-corrected chi connectivity index (χ3v) is 4.28. The molecule has 1 atom stereocenters. The van der Waals surface area contributed by atoms with Crippen molar-refractivity contribution in [1.29, 1.82) is 5.26 Å². The largest absolute Gasteiger partial charge is 0.479 e. The van der Waals surface area contributed by atoms with Gasteiger partial charge in [0.1, 0.15) is 0 Å². The van der Waals surface area contributed by atoms with Crippen LogP contribution in [0.15, 0.2) is 42.5 Å². The van der Waals surface area contributed by atoms with E-state index in [1.807, 2.05) is 12.1 Å². The van der Waals surface area contributed by atoms with Crippen molar-refractivity contribution in [3.63, 3.8) is 0 Å². The van der Waals surface area contributed by atoms with Gasteiger partial charge in [-0.1, -0.05) is 32.0 Å². The molecule has 4 heteroatoms. The van der Waals surface area contributed by atoms with E-state index in [2.05, 4.69) is 31.3 Å². The van der Waals surface area contributed by atoms with Crippen molar-refractivity contribution >= 4 is 11.7 Å². The van der Waals surface area contributed by atoms with E-state index in [1.54, 1.807) is 31.2 Å². The first-order chi connectivity index (χ1) is 11.4. The van der Waals surface area contributed by atoms with Gasteiger partial charge in [-0.3, -0.25) is 0 Å². The highest BCUT2D eigenvalue weighted by Crippen LogP contribution is 2.29. The summed E-state index contributed by atoms with van der Waals surface area (Å²) in [5.74, 6) is -0.942. The summed E-state index contributed by atoms with van der Waals surface area (Å²) in [6, 6.07) is 14.9. The van der Waals surface area contributed by atoms with Crippen molar-refractivity contribution in [3.8, 4) is 6.07 Å². The fourth-order valence-corrected chi connectivity index (χ4v) is 2.63. The summed E-state index contributed by atoms with van der Waals surface area (Å²) in [7, 11) is 0. The zero-order chi connectivity index (χ0) is 17.7. The third kappa shape index (κ3) is 3.57. The van der Waals surface area contributed by atoms with Gasteiger partial charge in [0.2, 0.25) is 0 Å². The number of carbonyl (C=O) groups is 1. The van der Waals surface area contributed by atoms with Crippen molar-refractivity contribution < 1.29 is 9.90 Å². The van der Waals surface area contributed by atoms with Gasteiger partial charge in [0.15, 0.2) is 5.54 Å². The Morgan fingerprint density at radius 1 is 1.12 bits per heavy atom. The minimum absolute atomic E-state index is 0.541. The highest BCUT2D eigenvalue weighted by molar-refractivity contribution is 5.84. The number of nitriles is 1. The SMILES string of the molecule is CCc1cc(CC)cc(C(C)(Nc2ccc(C#N)cc2)C(=O)O)c1. The Balaban J connectivity index is 2.46. The Kier molecular flexibility index (Phi) is 5.25. The van der Waals surface area contributed by atoms with E-state index in [-0.39, 0.29) is 0 Å². The Morgan fingerprint density at radius 3 is 2.08 bits per heavy atom. The fraction of sp³-hybridized carbons (Fsp3) is 0.300.